The van der Waals surface area contributed by atoms with E-state index in [0.717, 1.165) is 23.8 Å². The number of anilines is 1. The number of aliphatic hydroxyl groups excluding tert-OH is 3. The van der Waals surface area contributed by atoms with E-state index in [4.69, 9.17) is 14.7 Å². The van der Waals surface area contributed by atoms with E-state index in [9.17, 15) is 19.8 Å². The van der Waals surface area contributed by atoms with Gasteiger partial charge in [-0.2, -0.15) is 4.98 Å². The van der Waals surface area contributed by atoms with E-state index >= 15 is 0 Å². The fourth-order valence-corrected chi connectivity index (χ4v) is 2.98. The van der Waals surface area contributed by atoms with Gasteiger partial charge in [0.2, 0.25) is 0 Å². The van der Waals surface area contributed by atoms with Gasteiger partial charge in [-0.3, -0.25) is 4.57 Å². The van der Waals surface area contributed by atoms with Crippen LogP contribution in [0.1, 0.15) is 58.1 Å². The predicted molar refractivity (Wildman–Crippen MR) is 99.2 cm³/mol. The van der Waals surface area contributed by atoms with E-state index in [1.54, 1.807) is 0 Å². The van der Waals surface area contributed by atoms with Crippen molar-refractivity contribution in [3.05, 3.63) is 22.7 Å². The lowest BCUT2D eigenvalue weighted by atomic mass is 10.1. The second-order valence-electron chi connectivity index (χ2n) is 6.83. The Kier molecular flexibility index (Phi) is 8.84. The lowest BCUT2D eigenvalue weighted by Gasteiger charge is -2.17. The molecule has 4 N–H and O–H groups in total. The summed E-state index contributed by atoms with van der Waals surface area (Å²) < 4.78 is 6.28. The molecular weight excluding hydrogens is 370 g/mol. The average molecular weight is 399 g/mol. The third-order valence-electron chi connectivity index (χ3n) is 4.63. The minimum Gasteiger partial charge on any atom is -0.394 e. The number of nitrogens with zero attached hydrogens (tertiary/aromatic N) is 2. The summed E-state index contributed by atoms with van der Waals surface area (Å²) in [6, 6.07) is 1.37. The Balaban J connectivity index is 1.81. The van der Waals surface area contributed by atoms with Crippen LogP contribution in [0.2, 0.25) is 0 Å². The molecule has 10 heteroatoms. The zero-order valence-corrected chi connectivity index (χ0v) is 16.0. The second-order valence-corrected chi connectivity index (χ2v) is 6.83. The van der Waals surface area contributed by atoms with E-state index in [0.29, 0.717) is 0 Å². The number of carbonyl (C=O) groups is 1. The highest BCUT2D eigenvalue weighted by Gasteiger charge is 2.43. The minimum atomic E-state index is -1.38. The van der Waals surface area contributed by atoms with E-state index in [1.807, 2.05) is 0 Å². The number of aromatic nitrogens is 2. The van der Waals surface area contributed by atoms with Crippen molar-refractivity contribution < 1.29 is 29.7 Å². The molecule has 2 heterocycles. The van der Waals surface area contributed by atoms with Crippen LogP contribution >= 0.6 is 0 Å². The molecule has 158 valence electrons. The molecule has 0 aliphatic carbocycles. The normalized spacial score (nSPS) is 24.3. The van der Waals surface area contributed by atoms with Crippen molar-refractivity contribution in [1.29, 1.82) is 0 Å². The van der Waals surface area contributed by atoms with Gasteiger partial charge in [-0.25, -0.2) is 15.1 Å². The lowest BCUT2D eigenvalue weighted by molar-refractivity contribution is -0.140. The zero-order valence-electron chi connectivity index (χ0n) is 16.0. The van der Waals surface area contributed by atoms with Crippen LogP contribution in [0, 0.1) is 0 Å². The first-order valence-corrected chi connectivity index (χ1v) is 9.65. The minimum absolute atomic E-state index is 0.0317. The Morgan fingerprint density at radius 3 is 2.61 bits per heavy atom. The standard InChI is InChI=1S/C18H29N3O7/c1-2-3-4-5-6-7-8-14(23)28-20-13-9-10-21(18(26)19-13)17-16(25)15(24)12(11-22)27-17/h9-10,12,15-17,22,24-25H,2-8,11H2,1H3,(H,19,20,26)/t12-,15+,16+,17-/m1/s1. The monoisotopic (exact) mass is 399 g/mol. The van der Waals surface area contributed by atoms with Gasteiger partial charge >= 0.3 is 11.7 Å². The summed E-state index contributed by atoms with van der Waals surface area (Å²) >= 11 is 0. The molecule has 4 atom stereocenters. The first kappa shape index (κ1) is 22.3. The SMILES string of the molecule is CCCCCCCCC(=O)ONc1ccn([C@@H]2O[C@H](CO)[C@H](O)[C@@H]2O)c(=O)n1. The fourth-order valence-electron chi connectivity index (χ4n) is 2.98. The van der Waals surface area contributed by atoms with Crippen LogP contribution in [-0.2, 0) is 14.4 Å². The number of nitrogens with one attached hydrogen (secondary N) is 1. The van der Waals surface area contributed by atoms with Crippen LogP contribution in [0.5, 0.6) is 0 Å². The van der Waals surface area contributed by atoms with Gasteiger partial charge in [0.15, 0.2) is 12.0 Å². The molecule has 0 radical (unpaired) electrons. The molecule has 28 heavy (non-hydrogen) atoms. The molecular formula is C18H29N3O7. The third-order valence-corrected chi connectivity index (χ3v) is 4.63. The van der Waals surface area contributed by atoms with Gasteiger partial charge in [0.05, 0.1) is 6.61 Å². The summed E-state index contributed by atoms with van der Waals surface area (Å²) in [5.41, 5.74) is 1.57. The van der Waals surface area contributed by atoms with Crippen molar-refractivity contribution in [2.75, 3.05) is 12.1 Å². The van der Waals surface area contributed by atoms with Crippen LogP contribution < -0.4 is 11.2 Å². The van der Waals surface area contributed by atoms with Gasteiger partial charge in [-0.1, -0.05) is 39.0 Å². The lowest BCUT2D eigenvalue weighted by Crippen LogP contribution is -2.36. The Morgan fingerprint density at radius 2 is 1.96 bits per heavy atom. The Morgan fingerprint density at radius 1 is 1.25 bits per heavy atom. The fraction of sp³-hybridized carbons (Fsp3) is 0.722. The molecule has 0 unspecified atom stereocenters. The van der Waals surface area contributed by atoms with Crippen molar-refractivity contribution in [2.45, 2.75) is 76.4 Å². The molecule has 1 fully saturated rings. The van der Waals surface area contributed by atoms with Crippen molar-refractivity contribution in [3.8, 4) is 0 Å². The first-order valence-electron chi connectivity index (χ1n) is 9.65. The molecule has 1 aromatic rings. The maximum atomic E-state index is 12.2. The Bertz CT molecular complexity index is 681. The first-order chi connectivity index (χ1) is 13.5. The summed E-state index contributed by atoms with van der Waals surface area (Å²) in [5.74, 6) is -0.408. The molecule has 1 aliphatic heterocycles. The zero-order chi connectivity index (χ0) is 20.5. The molecule has 1 saturated heterocycles. The summed E-state index contributed by atoms with van der Waals surface area (Å²) in [4.78, 5) is 32.5. The number of hydrogen-bond acceptors (Lipinski definition) is 9. The van der Waals surface area contributed by atoms with Gasteiger partial charge in [0.25, 0.3) is 0 Å². The number of aliphatic hydroxyl groups is 3. The van der Waals surface area contributed by atoms with E-state index < -0.39 is 42.8 Å². The van der Waals surface area contributed by atoms with E-state index in [-0.39, 0.29) is 12.2 Å². The number of carbonyl (C=O) groups excluding carboxylic acids is 1. The van der Waals surface area contributed by atoms with Gasteiger partial charge in [0, 0.05) is 18.7 Å². The average Bonchev–Trinajstić information content (AvgIpc) is 2.97. The highest BCUT2D eigenvalue weighted by Crippen LogP contribution is 2.28. The summed E-state index contributed by atoms with van der Waals surface area (Å²) in [6.07, 6.45) is 3.04. The van der Waals surface area contributed by atoms with Crippen LogP contribution in [0.25, 0.3) is 0 Å². The van der Waals surface area contributed by atoms with Gasteiger partial charge in [-0.05, 0) is 6.42 Å². The molecule has 0 aromatic carbocycles. The number of rotatable bonds is 11. The number of hydrogen-bond donors (Lipinski definition) is 4. The van der Waals surface area contributed by atoms with E-state index in [2.05, 4.69) is 17.4 Å². The molecule has 1 aliphatic rings. The largest absolute Gasteiger partial charge is 0.394 e. The highest BCUT2D eigenvalue weighted by atomic mass is 16.7. The topological polar surface area (TPSA) is 143 Å². The van der Waals surface area contributed by atoms with Crippen LogP contribution in [0.3, 0.4) is 0 Å². The van der Waals surface area contributed by atoms with Crippen molar-refractivity contribution in [1.82, 2.24) is 9.55 Å². The van der Waals surface area contributed by atoms with Crippen LogP contribution in [0.15, 0.2) is 17.1 Å². The predicted octanol–water partition coefficient (Wildman–Crippen LogP) is 0.476. The highest BCUT2D eigenvalue weighted by molar-refractivity contribution is 5.70. The van der Waals surface area contributed by atoms with Gasteiger partial charge in [-0.15, -0.1) is 0 Å². The van der Waals surface area contributed by atoms with Crippen LogP contribution in [0.4, 0.5) is 5.82 Å². The van der Waals surface area contributed by atoms with Crippen molar-refractivity contribution in [3.63, 3.8) is 0 Å². The maximum absolute atomic E-state index is 12.2. The summed E-state index contributed by atoms with van der Waals surface area (Å²) in [6.45, 7) is 1.65. The number of unbranched alkanes of at least 4 members (excludes halogenated alkanes) is 5. The quantitative estimate of drug-likeness (QED) is 0.308. The summed E-state index contributed by atoms with van der Waals surface area (Å²) in [7, 11) is 0. The molecule has 0 saturated carbocycles. The smallest absolute Gasteiger partial charge is 0.351 e. The number of ether oxygens (including phenoxy) is 1. The summed E-state index contributed by atoms with van der Waals surface area (Å²) in [5, 5.41) is 28.9. The maximum Gasteiger partial charge on any atom is 0.351 e. The molecule has 0 spiro atoms. The molecule has 1 aromatic heterocycles. The van der Waals surface area contributed by atoms with Gasteiger partial charge < -0.3 is 24.9 Å². The third kappa shape index (κ3) is 5.99. The molecule has 0 amide bonds. The van der Waals surface area contributed by atoms with Crippen LogP contribution in [-0.4, -0.2) is 55.8 Å². The molecule has 2 rings (SSSR count). The van der Waals surface area contributed by atoms with Crippen molar-refractivity contribution >= 4 is 11.8 Å². The van der Waals surface area contributed by atoms with Gasteiger partial charge in [0.1, 0.15) is 18.3 Å². The Labute approximate surface area is 163 Å². The second kappa shape index (κ2) is 11.1. The Hall–Kier alpha value is -2.01. The molecule has 0 bridgehead atoms. The molecule has 10 nitrogen and oxygen atoms in total. The van der Waals surface area contributed by atoms with E-state index in [1.165, 1.54) is 31.5 Å². The van der Waals surface area contributed by atoms with Crippen molar-refractivity contribution in [2.24, 2.45) is 0 Å².